The van der Waals surface area contributed by atoms with E-state index in [9.17, 15) is 19.2 Å². The molecule has 3 aromatic rings. The van der Waals surface area contributed by atoms with Gasteiger partial charge < -0.3 is 10.3 Å². The molecule has 0 aliphatic carbocycles. The van der Waals surface area contributed by atoms with Crippen LogP contribution in [0.1, 0.15) is 18.1 Å². The van der Waals surface area contributed by atoms with E-state index in [4.69, 9.17) is 5.73 Å². The molecule has 1 aliphatic heterocycles. The Kier molecular flexibility index (Phi) is 5.12. The molecule has 4 rings (SSSR count). The summed E-state index contributed by atoms with van der Waals surface area (Å²) in [4.78, 5) is 50.7. The number of aryl methyl sites for hydroxylation is 1. The lowest BCUT2D eigenvalue weighted by Gasteiger charge is -2.27. The standard InChI is InChI=1S/C23H20N4O4/c1-2-14-7-3-5-9-18(14)27-22(30)17(21(29)25-23(27)31)11-15-12-26(13-20(24)28)19-10-6-4-8-16(15)19/h3-12H,2,13H2,1H3,(H2,24,28)(H,25,29,31). The number of rotatable bonds is 5. The summed E-state index contributed by atoms with van der Waals surface area (Å²) < 4.78 is 1.66. The summed E-state index contributed by atoms with van der Waals surface area (Å²) in [6.07, 6.45) is 3.70. The molecule has 1 aliphatic rings. The number of hydrogen-bond acceptors (Lipinski definition) is 4. The number of carbonyl (C=O) groups is 4. The zero-order chi connectivity index (χ0) is 22.1. The first-order valence-corrected chi connectivity index (χ1v) is 9.76. The van der Waals surface area contributed by atoms with Gasteiger partial charge in [0.25, 0.3) is 11.8 Å². The van der Waals surface area contributed by atoms with E-state index in [1.807, 2.05) is 43.3 Å². The normalized spacial score (nSPS) is 15.6. The SMILES string of the molecule is CCc1ccccc1N1C(=O)NC(=O)C(=Cc2cn(CC(N)=O)c3ccccc23)C1=O. The van der Waals surface area contributed by atoms with Crippen molar-refractivity contribution >= 4 is 46.4 Å². The number of hydrogen-bond donors (Lipinski definition) is 2. The summed E-state index contributed by atoms with van der Waals surface area (Å²) in [5.74, 6) is -1.99. The van der Waals surface area contributed by atoms with Crippen LogP contribution >= 0.6 is 0 Å². The highest BCUT2D eigenvalue weighted by Crippen LogP contribution is 2.28. The number of primary amides is 1. The van der Waals surface area contributed by atoms with Gasteiger partial charge in [-0.05, 0) is 30.2 Å². The molecule has 2 heterocycles. The van der Waals surface area contributed by atoms with Crippen LogP contribution in [0.25, 0.3) is 17.0 Å². The topological polar surface area (TPSA) is 114 Å². The summed E-state index contributed by atoms with van der Waals surface area (Å²) in [7, 11) is 0. The van der Waals surface area contributed by atoms with E-state index in [-0.39, 0.29) is 12.1 Å². The molecule has 8 nitrogen and oxygen atoms in total. The van der Waals surface area contributed by atoms with E-state index in [0.29, 0.717) is 17.7 Å². The molecule has 0 spiro atoms. The van der Waals surface area contributed by atoms with E-state index >= 15 is 0 Å². The number of nitrogens with one attached hydrogen (secondary N) is 1. The monoisotopic (exact) mass is 416 g/mol. The summed E-state index contributed by atoms with van der Waals surface area (Å²) in [5.41, 5.74) is 7.70. The highest BCUT2D eigenvalue weighted by molar-refractivity contribution is 6.39. The zero-order valence-electron chi connectivity index (χ0n) is 16.8. The van der Waals surface area contributed by atoms with Crippen molar-refractivity contribution in [2.24, 2.45) is 5.73 Å². The van der Waals surface area contributed by atoms with Gasteiger partial charge >= 0.3 is 6.03 Å². The molecule has 1 fully saturated rings. The van der Waals surface area contributed by atoms with Crippen molar-refractivity contribution in [2.45, 2.75) is 19.9 Å². The summed E-state index contributed by atoms with van der Waals surface area (Å²) in [5, 5.41) is 2.99. The molecule has 0 bridgehead atoms. The number of aromatic nitrogens is 1. The third-order valence-corrected chi connectivity index (χ3v) is 5.16. The Labute approximate surface area is 177 Å². The predicted molar refractivity (Wildman–Crippen MR) is 116 cm³/mol. The highest BCUT2D eigenvalue weighted by atomic mass is 16.2. The third-order valence-electron chi connectivity index (χ3n) is 5.16. The maximum atomic E-state index is 13.2. The lowest BCUT2D eigenvalue weighted by Crippen LogP contribution is -2.54. The number of anilines is 1. The number of nitrogens with zero attached hydrogens (tertiary/aromatic N) is 2. The van der Waals surface area contributed by atoms with Crippen LogP contribution in [0.3, 0.4) is 0 Å². The number of benzene rings is 2. The van der Waals surface area contributed by atoms with E-state index in [2.05, 4.69) is 5.32 Å². The minimum Gasteiger partial charge on any atom is -0.368 e. The van der Waals surface area contributed by atoms with Gasteiger partial charge in [-0.25, -0.2) is 9.69 Å². The van der Waals surface area contributed by atoms with E-state index in [0.717, 1.165) is 21.4 Å². The lowest BCUT2D eigenvalue weighted by molar-refractivity contribution is -0.122. The predicted octanol–water partition coefficient (Wildman–Crippen LogP) is 2.36. The quantitative estimate of drug-likeness (QED) is 0.491. The van der Waals surface area contributed by atoms with Crippen molar-refractivity contribution < 1.29 is 19.2 Å². The summed E-state index contributed by atoms with van der Waals surface area (Å²) in [6, 6.07) is 13.5. The summed E-state index contributed by atoms with van der Waals surface area (Å²) >= 11 is 0. The van der Waals surface area contributed by atoms with Crippen molar-refractivity contribution in [2.75, 3.05) is 4.90 Å². The fourth-order valence-electron chi connectivity index (χ4n) is 3.75. The van der Waals surface area contributed by atoms with E-state index in [1.165, 1.54) is 6.08 Å². The first kappa shape index (κ1) is 20.1. The smallest absolute Gasteiger partial charge is 0.335 e. The van der Waals surface area contributed by atoms with Crippen LogP contribution in [0, 0.1) is 0 Å². The van der Waals surface area contributed by atoms with Crippen molar-refractivity contribution in [1.82, 2.24) is 9.88 Å². The van der Waals surface area contributed by atoms with Gasteiger partial charge in [-0.15, -0.1) is 0 Å². The van der Waals surface area contributed by atoms with Crippen LogP contribution in [0.2, 0.25) is 0 Å². The fourth-order valence-corrected chi connectivity index (χ4v) is 3.75. The van der Waals surface area contributed by atoms with Gasteiger partial charge in [-0.2, -0.15) is 0 Å². The second kappa shape index (κ2) is 7.91. The van der Waals surface area contributed by atoms with Gasteiger partial charge in [-0.1, -0.05) is 43.3 Å². The molecular weight excluding hydrogens is 396 g/mol. The average molecular weight is 416 g/mol. The van der Waals surface area contributed by atoms with Crippen LogP contribution < -0.4 is 16.0 Å². The number of para-hydroxylation sites is 2. The minimum atomic E-state index is -0.788. The Hall–Kier alpha value is -4.20. The Morgan fingerprint density at radius 2 is 1.77 bits per heavy atom. The molecule has 0 atom stereocenters. The molecule has 5 amide bonds. The molecule has 2 aromatic carbocycles. The molecule has 0 unspecified atom stereocenters. The first-order valence-electron chi connectivity index (χ1n) is 9.76. The molecule has 156 valence electrons. The summed E-state index contributed by atoms with van der Waals surface area (Å²) in [6.45, 7) is 1.87. The van der Waals surface area contributed by atoms with Gasteiger partial charge in [0.05, 0.1) is 5.69 Å². The number of imide groups is 2. The van der Waals surface area contributed by atoms with Gasteiger partial charge in [0.15, 0.2) is 0 Å². The van der Waals surface area contributed by atoms with Gasteiger partial charge in [0.1, 0.15) is 12.1 Å². The Balaban J connectivity index is 1.82. The van der Waals surface area contributed by atoms with Gasteiger partial charge in [0.2, 0.25) is 5.91 Å². The van der Waals surface area contributed by atoms with E-state index < -0.39 is 23.8 Å². The minimum absolute atomic E-state index is 0.0433. The van der Waals surface area contributed by atoms with Crippen LogP contribution in [0.5, 0.6) is 0 Å². The maximum Gasteiger partial charge on any atom is 0.335 e. The number of fused-ring (bicyclic) bond motifs is 1. The molecule has 31 heavy (non-hydrogen) atoms. The van der Waals surface area contributed by atoms with Crippen molar-refractivity contribution in [1.29, 1.82) is 0 Å². The van der Waals surface area contributed by atoms with Crippen LogP contribution in [-0.4, -0.2) is 28.3 Å². The number of urea groups is 1. The van der Waals surface area contributed by atoms with Crippen LogP contribution in [-0.2, 0) is 27.3 Å². The van der Waals surface area contributed by atoms with Crippen LogP contribution in [0.15, 0.2) is 60.3 Å². The van der Waals surface area contributed by atoms with Gasteiger partial charge in [0, 0.05) is 22.7 Å². The Bertz CT molecular complexity index is 1270. The fraction of sp³-hybridized carbons (Fsp3) is 0.130. The Morgan fingerprint density at radius 1 is 1.06 bits per heavy atom. The average Bonchev–Trinajstić information content (AvgIpc) is 3.08. The van der Waals surface area contributed by atoms with E-state index in [1.54, 1.807) is 22.9 Å². The molecule has 1 saturated heterocycles. The van der Waals surface area contributed by atoms with Gasteiger partial charge in [-0.3, -0.25) is 19.7 Å². The lowest BCUT2D eigenvalue weighted by atomic mass is 10.0. The number of nitrogens with two attached hydrogens (primary N) is 1. The number of carbonyl (C=O) groups excluding carboxylic acids is 4. The molecule has 0 saturated carbocycles. The highest BCUT2D eigenvalue weighted by Gasteiger charge is 2.37. The number of barbiturate groups is 1. The largest absolute Gasteiger partial charge is 0.368 e. The zero-order valence-corrected chi connectivity index (χ0v) is 16.8. The second-order valence-electron chi connectivity index (χ2n) is 7.14. The number of amides is 5. The second-order valence-corrected chi connectivity index (χ2v) is 7.14. The molecule has 3 N–H and O–H groups in total. The molecular formula is C23H20N4O4. The van der Waals surface area contributed by atoms with Crippen molar-refractivity contribution in [3.8, 4) is 0 Å². The maximum absolute atomic E-state index is 13.2. The Morgan fingerprint density at radius 3 is 2.52 bits per heavy atom. The van der Waals surface area contributed by atoms with Crippen molar-refractivity contribution in [3.05, 3.63) is 71.4 Å². The molecule has 1 aromatic heterocycles. The first-order chi connectivity index (χ1) is 14.9. The third kappa shape index (κ3) is 3.59. The molecule has 0 radical (unpaired) electrons. The molecule has 8 heteroatoms. The van der Waals surface area contributed by atoms with Crippen molar-refractivity contribution in [3.63, 3.8) is 0 Å². The van der Waals surface area contributed by atoms with Crippen LogP contribution in [0.4, 0.5) is 10.5 Å².